The van der Waals surface area contributed by atoms with Gasteiger partial charge in [0.05, 0.1) is 6.54 Å². The zero-order chi connectivity index (χ0) is 13.4. The zero-order valence-electron chi connectivity index (χ0n) is 12.2. The lowest BCUT2D eigenvalue weighted by molar-refractivity contribution is -0.120. The Kier molecular flexibility index (Phi) is 8.17. The highest BCUT2D eigenvalue weighted by Crippen LogP contribution is 2.05. The molecular weight excluding hydrogens is 214 g/mol. The topological polar surface area (TPSA) is 44.4 Å². The highest BCUT2D eigenvalue weighted by atomic mass is 16.1. The summed E-state index contributed by atoms with van der Waals surface area (Å²) in [6, 6.07) is 0.790. The van der Waals surface area contributed by atoms with E-state index in [1.165, 1.54) is 0 Å². The summed E-state index contributed by atoms with van der Waals surface area (Å²) in [4.78, 5) is 13.8. The number of carbonyl (C=O) groups is 1. The number of carbonyl (C=O) groups excluding carboxylic acids is 1. The summed E-state index contributed by atoms with van der Waals surface area (Å²) in [5.41, 5.74) is 0. The maximum absolute atomic E-state index is 11.6. The van der Waals surface area contributed by atoms with Crippen LogP contribution in [0.4, 0.5) is 0 Å². The molecule has 0 fully saturated rings. The summed E-state index contributed by atoms with van der Waals surface area (Å²) < 4.78 is 0. The van der Waals surface area contributed by atoms with Gasteiger partial charge in [-0.25, -0.2) is 0 Å². The SMILES string of the molecule is CCC(C)NCC(=O)NCC(C(C)C)N(C)C. The van der Waals surface area contributed by atoms with Gasteiger partial charge in [0.25, 0.3) is 0 Å². The van der Waals surface area contributed by atoms with E-state index >= 15 is 0 Å². The number of hydrogen-bond donors (Lipinski definition) is 2. The Labute approximate surface area is 106 Å². The first-order valence-electron chi connectivity index (χ1n) is 6.55. The summed E-state index contributed by atoms with van der Waals surface area (Å²) >= 11 is 0. The van der Waals surface area contributed by atoms with Crippen molar-refractivity contribution in [3.8, 4) is 0 Å². The smallest absolute Gasteiger partial charge is 0.234 e. The van der Waals surface area contributed by atoms with Crippen LogP contribution >= 0.6 is 0 Å². The van der Waals surface area contributed by atoms with Crippen LogP contribution in [0, 0.1) is 5.92 Å². The van der Waals surface area contributed by atoms with Crippen LogP contribution in [0.15, 0.2) is 0 Å². The van der Waals surface area contributed by atoms with Gasteiger partial charge in [-0.3, -0.25) is 4.79 Å². The first-order chi connectivity index (χ1) is 7.88. The standard InChI is InChI=1S/C13H29N3O/c1-7-11(4)14-9-13(17)15-8-12(10(2)3)16(5)6/h10-12,14H,7-9H2,1-6H3,(H,15,17). The Morgan fingerprint density at radius 2 is 1.82 bits per heavy atom. The van der Waals surface area contributed by atoms with E-state index in [4.69, 9.17) is 0 Å². The molecule has 17 heavy (non-hydrogen) atoms. The van der Waals surface area contributed by atoms with Crippen molar-refractivity contribution < 1.29 is 4.79 Å². The molecule has 4 nitrogen and oxygen atoms in total. The first-order valence-corrected chi connectivity index (χ1v) is 6.55. The average molecular weight is 243 g/mol. The van der Waals surface area contributed by atoms with Gasteiger partial charge in [-0.1, -0.05) is 20.8 Å². The molecule has 102 valence electrons. The number of amides is 1. The maximum Gasteiger partial charge on any atom is 0.234 e. The van der Waals surface area contributed by atoms with Crippen molar-refractivity contribution in [3.63, 3.8) is 0 Å². The Morgan fingerprint density at radius 1 is 1.24 bits per heavy atom. The third kappa shape index (κ3) is 7.34. The minimum atomic E-state index is 0.0813. The van der Waals surface area contributed by atoms with Crippen LogP contribution in [0.25, 0.3) is 0 Å². The van der Waals surface area contributed by atoms with Crippen LogP contribution in [0.5, 0.6) is 0 Å². The molecule has 0 saturated heterocycles. The second-order valence-corrected chi connectivity index (χ2v) is 5.27. The van der Waals surface area contributed by atoms with Gasteiger partial charge in [0, 0.05) is 18.6 Å². The maximum atomic E-state index is 11.6. The lowest BCUT2D eigenvalue weighted by Gasteiger charge is -2.28. The molecule has 0 radical (unpaired) electrons. The van der Waals surface area contributed by atoms with Gasteiger partial charge >= 0.3 is 0 Å². The molecule has 0 aliphatic heterocycles. The number of nitrogens with one attached hydrogen (secondary N) is 2. The van der Waals surface area contributed by atoms with Crippen molar-refractivity contribution in [1.82, 2.24) is 15.5 Å². The number of likely N-dealkylation sites (N-methyl/N-ethyl adjacent to an activating group) is 1. The predicted octanol–water partition coefficient (Wildman–Crippen LogP) is 1.08. The Balaban J connectivity index is 3.89. The predicted molar refractivity (Wildman–Crippen MR) is 73.1 cm³/mol. The molecule has 0 bridgehead atoms. The lowest BCUT2D eigenvalue weighted by Crippen LogP contribution is -2.46. The Hall–Kier alpha value is -0.610. The van der Waals surface area contributed by atoms with Gasteiger partial charge in [0.2, 0.25) is 5.91 Å². The van der Waals surface area contributed by atoms with E-state index in [1.54, 1.807) is 0 Å². The van der Waals surface area contributed by atoms with Gasteiger partial charge < -0.3 is 15.5 Å². The van der Waals surface area contributed by atoms with E-state index in [1.807, 2.05) is 14.1 Å². The van der Waals surface area contributed by atoms with Gasteiger partial charge in [-0.2, -0.15) is 0 Å². The van der Waals surface area contributed by atoms with Gasteiger partial charge in [-0.05, 0) is 33.4 Å². The summed E-state index contributed by atoms with van der Waals surface area (Å²) in [6.07, 6.45) is 1.04. The minimum absolute atomic E-state index is 0.0813. The second kappa shape index (κ2) is 8.48. The van der Waals surface area contributed by atoms with Crippen molar-refractivity contribution in [2.75, 3.05) is 27.2 Å². The Morgan fingerprint density at radius 3 is 2.24 bits per heavy atom. The number of rotatable bonds is 8. The molecular formula is C13H29N3O. The van der Waals surface area contributed by atoms with E-state index in [-0.39, 0.29) is 5.91 Å². The van der Waals surface area contributed by atoms with Crippen LogP contribution in [0.2, 0.25) is 0 Å². The zero-order valence-corrected chi connectivity index (χ0v) is 12.2. The summed E-state index contributed by atoms with van der Waals surface area (Å²) in [5.74, 6) is 0.616. The largest absolute Gasteiger partial charge is 0.353 e. The van der Waals surface area contributed by atoms with Crippen LogP contribution < -0.4 is 10.6 Å². The normalized spacial score (nSPS) is 15.1. The molecule has 1 amide bonds. The van der Waals surface area contributed by atoms with Crippen LogP contribution in [-0.4, -0.2) is 50.1 Å². The summed E-state index contributed by atoms with van der Waals surface area (Å²) in [6.45, 7) is 9.67. The monoisotopic (exact) mass is 243 g/mol. The average Bonchev–Trinajstić information content (AvgIpc) is 2.25. The molecule has 2 N–H and O–H groups in total. The van der Waals surface area contributed by atoms with E-state index in [0.29, 0.717) is 31.1 Å². The third-order valence-electron chi connectivity index (χ3n) is 3.16. The molecule has 0 heterocycles. The fourth-order valence-corrected chi connectivity index (χ4v) is 1.71. The molecule has 4 heteroatoms. The van der Waals surface area contributed by atoms with Gasteiger partial charge in [-0.15, -0.1) is 0 Å². The minimum Gasteiger partial charge on any atom is -0.353 e. The van der Waals surface area contributed by atoms with E-state index in [2.05, 4.69) is 43.2 Å². The fourth-order valence-electron chi connectivity index (χ4n) is 1.71. The highest BCUT2D eigenvalue weighted by Gasteiger charge is 2.16. The van der Waals surface area contributed by atoms with Crippen molar-refractivity contribution in [2.24, 2.45) is 5.92 Å². The van der Waals surface area contributed by atoms with E-state index in [9.17, 15) is 4.79 Å². The Bertz CT molecular complexity index is 209. The molecule has 0 rings (SSSR count). The van der Waals surface area contributed by atoms with E-state index in [0.717, 1.165) is 6.42 Å². The third-order valence-corrected chi connectivity index (χ3v) is 3.16. The van der Waals surface area contributed by atoms with Gasteiger partial charge in [0.1, 0.15) is 0 Å². The molecule has 0 aliphatic rings. The van der Waals surface area contributed by atoms with Crippen molar-refractivity contribution in [2.45, 2.75) is 46.2 Å². The quantitative estimate of drug-likeness (QED) is 0.670. The molecule has 0 aliphatic carbocycles. The second-order valence-electron chi connectivity index (χ2n) is 5.27. The van der Waals surface area contributed by atoms with Crippen molar-refractivity contribution in [3.05, 3.63) is 0 Å². The van der Waals surface area contributed by atoms with E-state index < -0.39 is 0 Å². The first kappa shape index (κ1) is 16.4. The van der Waals surface area contributed by atoms with Crippen LogP contribution in [-0.2, 0) is 4.79 Å². The lowest BCUT2D eigenvalue weighted by atomic mass is 10.0. The summed E-state index contributed by atoms with van der Waals surface area (Å²) in [5, 5.41) is 6.17. The van der Waals surface area contributed by atoms with Crippen molar-refractivity contribution in [1.29, 1.82) is 0 Å². The highest BCUT2D eigenvalue weighted by molar-refractivity contribution is 5.78. The molecule has 0 saturated carbocycles. The number of hydrogen-bond acceptors (Lipinski definition) is 3. The van der Waals surface area contributed by atoms with Crippen LogP contribution in [0.1, 0.15) is 34.1 Å². The fraction of sp³-hybridized carbons (Fsp3) is 0.923. The molecule has 2 atom stereocenters. The molecule has 0 aromatic carbocycles. The molecule has 2 unspecified atom stereocenters. The van der Waals surface area contributed by atoms with Crippen LogP contribution in [0.3, 0.4) is 0 Å². The number of nitrogens with zero attached hydrogens (tertiary/aromatic N) is 1. The van der Waals surface area contributed by atoms with Crippen molar-refractivity contribution >= 4 is 5.91 Å². The molecule has 0 aromatic heterocycles. The molecule has 0 spiro atoms. The van der Waals surface area contributed by atoms with Gasteiger partial charge in [0.15, 0.2) is 0 Å². The molecule has 0 aromatic rings. The summed E-state index contributed by atoms with van der Waals surface area (Å²) in [7, 11) is 4.10.